The Balaban J connectivity index is 1.78. The predicted molar refractivity (Wildman–Crippen MR) is 139 cm³/mol. The summed E-state index contributed by atoms with van der Waals surface area (Å²) in [5.74, 6) is 0. The molecule has 5 aromatic carbocycles. The lowest BCUT2D eigenvalue weighted by molar-refractivity contribution is 0.183. The quantitative estimate of drug-likeness (QED) is 0.193. The summed E-state index contributed by atoms with van der Waals surface area (Å²) in [6, 6.07) is 52.9. The van der Waals surface area contributed by atoms with E-state index in [1.165, 1.54) is 10.6 Å². The number of rotatable bonds is 7. The summed E-state index contributed by atoms with van der Waals surface area (Å²) in [7, 11) is -1.11. The highest BCUT2D eigenvalue weighted by atomic mass is 31.1. The van der Waals surface area contributed by atoms with Gasteiger partial charge in [-0.05, 0) is 16.7 Å². The molecule has 0 saturated carbocycles. The molecule has 0 bridgehead atoms. The van der Waals surface area contributed by atoms with Gasteiger partial charge in [-0.2, -0.15) is 0 Å². The van der Waals surface area contributed by atoms with Gasteiger partial charge in [-0.25, -0.2) is 0 Å². The second-order valence-corrected chi connectivity index (χ2v) is 9.64. The minimum absolute atomic E-state index is 0.763. The van der Waals surface area contributed by atoms with Crippen LogP contribution in [0.1, 0.15) is 16.7 Å². The van der Waals surface area contributed by atoms with Crippen LogP contribution >= 0.6 is 8.15 Å². The maximum absolute atomic E-state index is 7.43. The zero-order valence-corrected chi connectivity index (χ0v) is 19.2. The molecule has 0 radical (unpaired) electrons. The monoisotopic (exact) mass is 444 g/mol. The topological polar surface area (TPSA) is 9.23 Å². The van der Waals surface area contributed by atoms with E-state index in [2.05, 4.69) is 152 Å². The first-order valence-corrected chi connectivity index (χ1v) is 12.4. The standard InChI is InChI=1S/C31H25OP/c1-6-16-26(17-7-1)31(27-18-8-2-9-19-27,28-20-10-3-11-21-28)32-33(29-22-12-4-13-23-29)30-24-14-5-15-25-30/h1-25H. The molecule has 33 heavy (non-hydrogen) atoms. The number of hydrogen-bond acceptors (Lipinski definition) is 1. The number of hydrogen-bond donors (Lipinski definition) is 0. The van der Waals surface area contributed by atoms with Crippen molar-refractivity contribution in [1.82, 2.24) is 0 Å². The van der Waals surface area contributed by atoms with E-state index in [-0.39, 0.29) is 0 Å². The van der Waals surface area contributed by atoms with Gasteiger partial charge in [0.15, 0.2) is 0 Å². The van der Waals surface area contributed by atoms with Crippen molar-refractivity contribution in [3.8, 4) is 0 Å². The lowest BCUT2D eigenvalue weighted by atomic mass is 9.80. The van der Waals surface area contributed by atoms with Crippen molar-refractivity contribution in [2.45, 2.75) is 5.60 Å². The zero-order valence-electron chi connectivity index (χ0n) is 18.3. The molecule has 0 N–H and O–H groups in total. The van der Waals surface area contributed by atoms with Crippen molar-refractivity contribution in [3.63, 3.8) is 0 Å². The molecular weight excluding hydrogens is 419 g/mol. The Morgan fingerprint density at radius 3 is 0.939 bits per heavy atom. The van der Waals surface area contributed by atoms with Gasteiger partial charge >= 0.3 is 0 Å². The molecule has 0 atom stereocenters. The highest BCUT2D eigenvalue weighted by molar-refractivity contribution is 7.68. The molecule has 0 aliphatic carbocycles. The Hall–Kier alpha value is -3.51. The van der Waals surface area contributed by atoms with Gasteiger partial charge < -0.3 is 4.52 Å². The van der Waals surface area contributed by atoms with Crippen molar-refractivity contribution < 1.29 is 4.52 Å². The van der Waals surface area contributed by atoms with Gasteiger partial charge in [0, 0.05) is 10.6 Å². The lowest BCUT2D eigenvalue weighted by Crippen LogP contribution is -2.34. The van der Waals surface area contributed by atoms with E-state index < -0.39 is 13.7 Å². The smallest absolute Gasteiger partial charge is 0.148 e. The largest absolute Gasteiger partial charge is 0.329 e. The van der Waals surface area contributed by atoms with E-state index in [1.54, 1.807) is 0 Å². The molecule has 160 valence electrons. The van der Waals surface area contributed by atoms with Gasteiger partial charge in [-0.3, -0.25) is 0 Å². The van der Waals surface area contributed by atoms with Crippen LogP contribution in [-0.2, 0) is 10.1 Å². The van der Waals surface area contributed by atoms with Crippen molar-refractivity contribution in [2.24, 2.45) is 0 Å². The summed E-state index contributed by atoms with van der Waals surface area (Å²) < 4.78 is 7.43. The first-order valence-electron chi connectivity index (χ1n) is 11.1. The molecule has 0 aliphatic heterocycles. The molecule has 0 heterocycles. The predicted octanol–water partition coefficient (Wildman–Crippen LogP) is 7.04. The molecule has 5 rings (SSSR count). The third-order valence-electron chi connectivity index (χ3n) is 5.75. The van der Waals surface area contributed by atoms with E-state index in [0.717, 1.165) is 16.7 Å². The fourth-order valence-corrected chi connectivity index (χ4v) is 6.18. The van der Waals surface area contributed by atoms with E-state index in [0.29, 0.717) is 0 Å². The van der Waals surface area contributed by atoms with Crippen LogP contribution in [0, 0.1) is 0 Å². The molecule has 2 heteroatoms. The Kier molecular flexibility index (Phi) is 6.44. The minimum Gasteiger partial charge on any atom is -0.329 e. The Morgan fingerprint density at radius 2 is 0.636 bits per heavy atom. The van der Waals surface area contributed by atoms with Crippen LogP contribution in [-0.4, -0.2) is 0 Å². The fraction of sp³-hybridized carbons (Fsp3) is 0.0323. The Bertz CT molecular complexity index is 1120. The van der Waals surface area contributed by atoms with Crippen LogP contribution in [0.15, 0.2) is 152 Å². The second-order valence-electron chi connectivity index (χ2n) is 7.84. The second kappa shape index (κ2) is 9.96. The Morgan fingerprint density at radius 1 is 0.364 bits per heavy atom. The fourth-order valence-electron chi connectivity index (χ4n) is 4.19. The molecule has 0 spiro atoms. The molecule has 0 unspecified atom stereocenters. The van der Waals surface area contributed by atoms with Gasteiger partial charge in [-0.1, -0.05) is 152 Å². The average Bonchev–Trinajstić information content (AvgIpc) is 2.92. The molecular formula is C31H25OP. The first-order chi connectivity index (χ1) is 16.4. The summed E-state index contributed by atoms with van der Waals surface area (Å²) in [6.07, 6.45) is 0. The third kappa shape index (κ3) is 4.39. The van der Waals surface area contributed by atoms with Crippen molar-refractivity contribution in [3.05, 3.63) is 168 Å². The van der Waals surface area contributed by atoms with Gasteiger partial charge in [0.05, 0.1) is 8.15 Å². The molecule has 0 fully saturated rings. The molecule has 0 aliphatic rings. The molecule has 0 saturated heterocycles. The van der Waals surface area contributed by atoms with Gasteiger partial charge in [0.25, 0.3) is 0 Å². The van der Waals surface area contributed by atoms with Crippen LogP contribution in [0.25, 0.3) is 0 Å². The summed E-state index contributed by atoms with van der Waals surface area (Å²) in [6.45, 7) is 0. The van der Waals surface area contributed by atoms with E-state index in [4.69, 9.17) is 4.52 Å². The Labute approximate surface area is 197 Å². The SMILES string of the molecule is c1ccc(P(OC(c2ccccc2)(c2ccccc2)c2ccccc2)c2ccccc2)cc1. The lowest BCUT2D eigenvalue weighted by Gasteiger charge is -2.39. The third-order valence-corrected chi connectivity index (χ3v) is 7.74. The van der Waals surface area contributed by atoms with E-state index in [1.807, 2.05) is 0 Å². The van der Waals surface area contributed by atoms with Gasteiger partial charge in [0.1, 0.15) is 5.60 Å². The van der Waals surface area contributed by atoms with Crippen LogP contribution in [0.5, 0.6) is 0 Å². The van der Waals surface area contributed by atoms with E-state index >= 15 is 0 Å². The maximum atomic E-state index is 7.43. The molecule has 0 amide bonds. The van der Waals surface area contributed by atoms with Crippen molar-refractivity contribution in [1.29, 1.82) is 0 Å². The number of benzene rings is 5. The minimum atomic E-state index is -1.11. The summed E-state index contributed by atoms with van der Waals surface area (Å²) in [4.78, 5) is 0. The van der Waals surface area contributed by atoms with Gasteiger partial charge in [0.2, 0.25) is 0 Å². The van der Waals surface area contributed by atoms with Crippen LogP contribution in [0.2, 0.25) is 0 Å². The van der Waals surface area contributed by atoms with Gasteiger partial charge in [-0.15, -0.1) is 0 Å². The first kappa shape index (κ1) is 21.3. The van der Waals surface area contributed by atoms with Crippen LogP contribution in [0.3, 0.4) is 0 Å². The molecule has 5 aromatic rings. The van der Waals surface area contributed by atoms with Crippen LogP contribution in [0.4, 0.5) is 0 Å². The highest BCUT2D eigenvalue weighted by Crippen LogP contribution is 2.50. The molecule has 1 nitrogen and oxygen atoms in total. The van der Waals surface area contributed by atoms with Crippen molar-refractivity contribution in [2.75, 3.05) is 0 Å². The highest BCUT2D eigenvalue weighted by Gasteiger charge is 2.40. The van der Waals surface area contributed by atoms with Crippen molar-refractivity contribution >= 4 is 18.8 Å². The normalized spacial score (nSPS) is 11.4. The summed E-state index contributed by atoms with van der Waals surface area (Å²) in [5.41, 5.74) is 2.58. The summed E-state index contributed by atoms with van der Waals surface area (Å²) in [5, 5.41) is 2.37. The maximum Gasteiger partial charge on any atom is 0.148 e. The van der Waals surface area contributed by atoms with E-state index in [9.17, 15) is 0 Å². The summed E-state index contributed by atoms with van der Waals surface area (Å²) >= 11 is 0. The molecule has 0 aromatic heterocycles. The van der Waals surface area contributed by atoms with Crippen LogP contribution < -0.4 is 10.6 Å². The zero-order chi connectivity index (χ0) is 22.3. The average molecular weight is 445 g/mol.